The van der Waals surface area contributed by atoms with Gasteiger partial charge in [0.1, 0.15) is 11.6 Å². The van der Waals surface area contributed by atoms with Crippen LogP contribution in [0.3, 0.4) is 0 Å². The van der Waals surface area contributed by atoms with Crippen LogP contribution in [0, 0.1) is 18.6 Å². The monoisotopic (exact) mass is 275 g/mol. The van der Waals surface area contributed by atoms with Crippen LogP contribution in [0.25, 0.3) is 11.1 Å². The van der Waals surface area contributed by atoms with Crippen LogP contribution in [0.5, 0.6) is 0 Å². The summed E-state index contributed by atoms with van der Waals surface area (Å²) in [6.45, 7) is 6.45. The average molecular weight is 275 g/mol. The molecule has 106 valence electrons. The molecule has 3 heteroatoms. The minimum Gasteiger partial charge on any atom is -0.310 e. The summed E-state index contributed by atoms with van der Waals surface area (Å²) >= 11 is 0. The van der Waals surface area contributed by atoms with Crippen molar-refractivity contribution >= 4 is 0 Å². The normalized spacial score (nSPS) is 12.4. The van der Waals surface area contributed by atoms with E-state index in [0.29, 0.717) is 11.1 Å². The van der Waals surface area contributed by atoms with Gasteiger partial charge in [0.05, 0.1) is 5.56 Å². The largest absolute Gasteiger partial charge is 0.310 e. The number of halogens is 2. The third kappa shape index (κ3) is 2.73. The lowest BCUT2D eigenvalue weighted by Gasteiger charge is -2.18. The summed E-state index contributed by atoms with van der Waals surface area (Å²) in [4.78, 5) is 0. The molecule has 0 spiro atoms. The van der Waals surface area contributed by atoms with Crippen molar-refractivity contribution in [2.24, 2.45) is 0 Å². The van der Waals surface area contributed by atoms with Crippen LogP contribution in [0.4, 0.5) is 8.78 Å². The first-order chi connectivity index (χ1) is 9.56. The summed E-state index contributed by atoms with van der Waals surface area (Å²) in [5.41, 5.74) is 2.02. The van der Waals surface area contributed by atoms with Crippen molar-refractivity contribution in [2.75, 3.05) is 6.54 Å². The number of hydrogen-bond acceptors (Lipinski definition) is 1. The fourth-order valence-electron chi connectivity index (χ4n) is 2.42. The van der Waals surface area contributed by atoms with Gasteiger partial charge >= 0.3 is 0 Å². The van der Waals surface area contributed by atoms with Gasteiger partial charge in [-0.15, -0.1) is 0 Å². The van der Waals surface area contributed by atoms with E-state index in [1.165, 1.54) is 12.1 Å². The van der Waals surface area contributed by atoms with Gasteiger partial charge in [-0.3, -0.25) is 0 Å². The highest BCUT2D eigenvalue weighted by atomic mass is 19.1. The molecule has 0 saturated carbocycles. The molecule has 0 bridgehead atoms. The number of hydrogen-bond donors (Lipinski definition) is 1. The predicted octanol–water partition coefficient (Wildman–Crippen LogP) is 4.61. The Morgan fingerprint density at radius 2 is 1.80 bits per heavy atom. The Kier molecular flexibility index (Phi) is 4.50. The molecule has 0 aliphatic heterocycles. The van der Waals surface area contributed by atoms with Crippen LogP contribution < -0.4 is 5.32 Å². The minimum atomic E-state index is -0.524. The van der Waals surface area contributed by atoms with Crippen LogP contribution in [-0.4, -0.2) is 6.54 Å². The lowest BCUT2D eigenvalue weighted by Crippen LogP contribution is -2.18. The molecule has 0 aromatic heterocycles. The molecule has 1 atom stereocenters. The molecule has 2 rings (SSSR count). The molecule has 0 amide bonds. The van der Waals surface area contributed by atoms with Crippen molar-refractivity contribution < 1.29 is 8.78 Å². The van der Waals surface area contributed by atoms with Gasteiger partial charge in [-0.1, -0.05) is 37.3 Å². The predicted molar refractivity (Wildman–Crippen MR) is 78.6 cm³/mol. The molecular weight excluding hydrogens is 256 g/mol. The maximum Gasteiger partial charge on any atom is 0.136 e. The lowest BCUT2D eigenvalue weighted by molar-refractivity contribution is 0.578. The third-order valence-corrected chi connectivity index (χ3v) is 3.49. The third-order valence-electron chi connectivity index (χ3n) is 3.49. The van der Waals surface area contributed by atoms with Gasteiger partial charge in [-0.25, -0.2) is 8.78 Å². The summed E-state index contributed by atoms with van der Waals surface area (Å²) in [7, 11) is 0. The highest BCUT2D eigenvalue weighted by molar-refractivity contribution is 5.70. The molecule has 1 unspecified atom stereocenters. The first-order valence-electron chi connectivity index (χ1n) is 6.83. The Morgan fingerprint density at radius 3 is 2.50 bits per heavy atom. The highest BCUT2D eigenvalue weighted by Crippen LogP contribution is 2.33. The Morgan fingerprint density at radius 1 is 1.10 bits per heavy atom. The van der Waals surface area contributed by atoms with Crippen molar-refractivity contribution in [2.45, 2.75) is 26.8 Å². The van der Waals surface area contributed by atoms with E-state index in [1.807, 2.05) is 26.0 Å². The van der Waals surface area contributed by atoms with Crippen molar-refractivity contribution in [3.8, 4) is 11.1 Å². The van der Waals surface area contributed by atoms with E-state index >= 15 is 0 Å². The molecule has 0 fully saturated rings. The Labute approximate surface area is 118 Å². The Bertz CT molecular complexity index is 608. The standard InChI is InChI=1S/C17H19F2N/c1-4-20-12(3)13-7-5-6-8-14(13)16-15(18)10-9-11(2)17(16)19/h5-10,12,20H,4H2,1-3H3. The van der Waals surface area contributed by atoms with E-state index in [9.17, 15) is 8.78 Å². The Balaban J connectivity index is 2.62. The van der Waals surface area contributed by atoms with Crippen molar-refractivity contribution in [1.82, 2.24) is 5.32 Å². The zero-order chi connectivity index (χ0) is 14.7. The molecule has 20 heavy (non-hydrogen) atoms. The first kappa shape index (κ1) is 14.7. The molecule has 0 saturated heterocycles. The molecular formula is C17H19F2N. The fourth-order valence-corrected chi connectivity index (χ4v) is 2.42. The highest BCUT2D eigenvalue weighted by Gasteiger charge is 2.18. The summed E-state index contributed by atoms with van der Waals surface area (Å²) in [5, 5.41) is 3.28. The minimum absolute atomic E-state index is 0.0375. The van der Waals surface area contributed by atoms with Crippen LogP contribution >= 0.6 is 0 Å². The quantitative estimate of drug-likeness (QED) is 0.859. The van der Waals surface area contributed by atoms with Crippen LogP contribution in [0.2, 0.25) is 0 Å². The summed E-state index contributed by atoms with van der Waals surface area (Å²) in [6, 6.07) is 10.2. The van der Waals surface area contributed by atoms with Gasteiger partial charge in [0.25, 0.3) is 0 Å². The Hall–Kier alpha value is -1.74. The smallest absolute Gasteiger partial charge is 0.136 e. The molecule has 2 aromatic carbocycles. The second kappa shape index (κ2) is 6.14. The van der Waals surface area contributed by atoms with Gasteiger partial charge in [-0.2, -0.15) is 0 Å². The molecule has 0 heterocycles. The zero-order valence-corrected chi connectivity index (χ0v) is 12.0. The van der Waals surface area contributed by atoms with Gasteiger partial charge in [0, 0.05) is 6.04 Å². The number of rotatable bonds is 4. The van der Waals surface area contributed by atoms with Gasteiger partial charge in [0.2, 0.25) is 0 Å². The van der Waals surface area contributed by atoms with Crippen molar-refractivity contribution in [3.63, 3.8) is 0 Å². The maximum absolute atomic E-state index is 14.3. The topological polar surface area (TPSA) is 12.0 Å². The second-order valence-electron chi connectivity index (χ2n) is 4.92. The van der Waals surface area contributed by atoms with Crippen molar-refractivity contribution in [3.05, 3.63) is 59.2 Å². The van der Waals surface area contributed by atoms with E-state index < -0.39 is 11.6 Å². The number of aryl methyl sites for hydroxylation is 1. The number of nitrogens with one attached hydrogen (secondary N) is 1. The van der Waals surface area contributed by atoms with E-state index in [4.69, 9.17) is 0 Å². The lowest BCUT2D eigenvalue weighted by atomic mass is 9.93. The molecule has 0 aliphatic carbocycles. The SMILES string of the molecule is CCNC(C)c1ccccc1-c1c(F)ccc(C)c1F. The van der Waals surface area contributed by atoms with Gasteiger partial charge in [0.15, 0.2) is 0 Å². The molecule has 2 aromatic rings. The molecule has 0 aliphatic rings. The maximum atomic E-state index is 14.3. The summed E-state index contributed by atoms with van der Waals surface area (Å²) in [6.07, 6.45) is 0. The fraction of sp³-hybridized carbons (Fsp3) is 0.294. The van der Waals surface area contributed by atoms with E-state index in [1.54, 1.807) is 19.1 Å². The van der Waals surface area contributed by atoms with Gasteiger partial charge < -0.3 is 5.32 Å². The number of benzene rings is 2. The first-order valence-corrected chi connectivity index (χ1v) is 6.83. The van der Waals surface area contributed by atoms with Crippen molar-refractivity contribution in [1.29, 1.82) is 0 Å². The summed E-state index contributed by atoms with van der Waals surface area (Å²) < 4.78 is 28.4. The second-order valence-corrected chi connectivity index (χ2v) is 4.92. The van der Waals surface area contributed by atoms with E-state index in [2.05, 4.69) is 5.32 Å². The van der Waals surface area contributed by atoms with Crippen LogP contribution in [-0.2, 0) is 0 Å². The average Bonchev–Trinajstić information content (AvgIpc) is 2.44. The van der Waals surface area contributed by atoms with Crippen LogP contribution in [0.15, 0.2) is 36.4 Å². The molecule has 1 N–H and O–H groups in total. The van der Waals surface area contributed by atoms with E-state index in [0.717, 1.165) is 12.1 Å². The zero-order valence-electron chi connectivity index (χ0n) is 12.0. The summed E-state index contributed by atoms with van der Waals surface area (Å²) in [5.74, 6) is -1.01. The van der Waals surface area contributed by atoms with Crippen LogP contribution in [0.1, 0.15) is 31.0 Å². The van der Waals surface area contributed by atoms with Gasteiger partial charge in [-0.05, 0) is 43.1 Å². The molecule has 0 radical (unpaired) electrons. The molecule has 1 nitrogen and oxygen atoms in total. The van der Waals surface area contributed by atoms with E-state index in [-0.39, 0.29) is 11.6 Å².